The van der Waals surface area contributed by atoms with Crippen molar-refractivity contribution in [2.24, 2.45) is 5.92 Å². The van der Waals surface area contributed by atoms with E-state index < -0.39 is 0 Å². The van der Waals surface area contributed by atoms with Crippen LogP contribution in [0.1, 0.15) is 45.4 Å². The van der Waals surface area contributed by atoms with Crippen molar-refractivity contribution < 1.29 is 4.79 Å². The number of aromatic nitrogens is 2. The topological polar surface area (TPSA) is 61.4 Å². The van der Waals surface area contributed by atoms with Gasteiger partial charge >= 0.3 is 0 Å². The lowest BCUT2D eigenvalue weighted by Crippen LogP contribution is -2.42. The Balaban J connectivity index is 1.18. The molecule has 1 atom stereocenters. The molecule has 152 valence electrons. The minimum absolute atomic E-state index is 0.137. The lowest BCUT2D eigenvalue weighted by atomic mass is 9.96. The molecular formula is C21H31N5OS. The Bertz CT molecular complexity index is 753. The van der Waals surface area contributed by atoms with Crippen molar-refractivity contribution in [3.8, 4) is 0 Å². The van der Waals surface area contributed by atoms with E-state index in [1.807, 2.05) is 18.3 Å². The van der Waals surface area contributed by atoms with Crippen LogP contribution in [0.2, 0.25) is 0 Å². The van der Waals surface area contributed by atoms with E-state index in [0.29, 0.717) is 6.04 Å². The number of likely N-dealkylation sites (tertiary alicyclic amines) is 1. The molecule has 28 heavy (non-hydrogen) atoms. The Labute approximate surface area is 171 Å². The fourth-order valence-electron chi connectivity index (χ4n) is 4.35. The van der Waals surface area contributed by atoms with Gasteiger partial charge < -0.3 is 15.1 Å². The predicted molar refractivity (Wildman–Crippen MR) is 115 cm³/mol. The van der Waals surface area contributed by atoms with Crippen molar-refractivity contribution in [2.75, 3.05) is 37.6 Å². The fourth-order valence-corrected chi connectivity index (χ4v) is 5.31. The number of amides is 1. The van der Waals surface area contributed by atoms with Gasteiger partial charge in [0.05, 0.1) is 0 Å². The van der Waals surface area contributed by atoms with E-state index in [0.717, 1.165) is 60.9 Å². The molecule has 0 spiro atoms. The number of nitrogens with one attached hydrogen (secondary N) is 1. The van der Waals surface area contributed by atoms with Crippen molar-refractivity contribution in [2.45, 2.75) is 51.5 Å². The zero-order valence-corrected chi connectivity index (χ0v) is 17.6. The molecule has 4 heterocycles. The number of anilines is 1. The predicted octanol–water partition coefficient (Wildman–Crippen LogP) is 3.29. The molecule has 0 saturated carbocycles. The molecule has 2 aliphatic rings. The average Bonchev–Trinajstić information content (AvgIpc) is 3.17. The molecule has 6 nitrogen and oxygen atoms in total. The normalized spacial score (nSPS) is 21.9. The van der Waals surface area contributed by atoms with Gasteiger partial charge in [-0.25, -0.2) is 9.97 Å². The molecule has 1 amide bonds. The third-order valence-corrected chi connectivity index (χ3v) is 7.19. The van der Waals surface area contributed by atoms with E-state index in [9.17, 15) is 4.79 Å². The first-order valence-electron chi connectivity index (χ1n) is 10.7. The zero-order chi connectivity index (χ0) is 19.3. The molecular weight excluding hydrogens is 370 g/mol. The van der Waals surface area contributed by atoms with Crippen molar-refractivity contribution >= 4 is 32.7 Å². The van der Waals surface area contributed by atoms with Gasteiger partial charge in [0.25, 0.3) is 0 Å². The molecule has 4 rings (SSSR count). The summed E-state index contributed by atoms with van der Waals surface area (Å²) in [5.41, 5.74) is 0.963. The molecule has 0 radical (unpaired) electrons. The lowest BCUT2D eigenvalue weighted by Gasteiger charge is -2.33. The monoisotopic (exact) mass is 401 g/mol. The Morgan fingerprint density at radius 2 is 2.11 bits per heavy atom. The lowest BCUT2D eigenvalue weighted by molar-refractivity contribution is -0.125. The summed E-state index contributed by atoms with van der Waals surface area (Å²) >= 11 is 1.64. The number of fused-ring (bicyclic) bond motifs is 1. The van der Waals surface area contributed by atoms with E-state index in [1.54, 1.807) is 11.3 Å². The first kappa shape index (κ1) is 19.6. The minimum Gasteiger partial charge on any atom is -0.356 e. The number of carbonyl (C=O) groups excluding carboxylic acids is 1. The van der Waals surface area contributed by atoms with Gasteiger partial charge in [-0.2, -0.15) is 0 Å². The van der Waals surface area contributed by atoms with Gasteiger partial charge in [-0.3, -0.25) is 4.79 Å². The fraction of sp³-hybridized carbons (Fsp3) is 0.667. The largest absolute Gasteiger partial charge is 0.356 e. The molecule has 7 heteroatoms. The molecule has 0 unspecified atom stereocenters. The van der Waals surface area contributed by atoms with Gasteiger partial charge in [-0.15, -0.1) is 0 Å². The molecule has 2 aromatic heterocycles. The summed E-state index contributed by atoms with van der Waals surface area (Å²) in [5.74, 6) is 0.370. The summed E-state index contributed by atoms with van der Waals surface area (Å²) in [7, 11) is 0. The number of thiazole rings is 1. The van der Waals surface area contributed by atoms with Crippen LogP contribution in [-0.2, 0) is 4.79 Å². The van der Waals surface area contributed by atoms with Gasteiger partial charge in [0.1, 0.15) is 10.3 Å². The highest BCUT2D eigenvalue weighted by Gasteiger charge is 2.26. The third kappa shape index (κ3) is 4.63. The van der Waals surface area contributed by atoms with Crippen LogP contribution in [0, 0.1) is 5.92 Å². The molecule has 0 aliphatic carbocycles. The van der Waals surface area contributed by atoms with Crippen LogP contribution in [-0.4, -0.2) is 59.5 Å². The quantitative estimate of drug-likeness (QED) is 0.753. The summed E-state index contributed by atoms with van der Waals surface area (Å²) in [6.07, 6.45) is 8.66. The smallest absolute Gasteiger partial charge is 0.223 e. The maximum absolute atomic E-state index is 12.5. The number of piperidine rings is 2. The van der Waals surface area contributed by atoms with Crippen LogP contribution in [0.15, 0.2) is 18.3 Å². The van der Waals surface area contributed by atoms with Crippen LogP contribution in [0.4, 0.5) is 5.13 Å². The van der Waals surface area contributed by atoms with Crippen LogP contribution in [0.5, 0.6) is 0 Å². The molecule has 2 saturated heterocycles. The molecule has 1 N–H and O–H groups in total. The average molecular weight is 402 g/mol. The van der Waals surface area contributed by atoms with E-state index in [1.165, 1.54) is 25.8 Å². The summed E-state index contributed by atoms with van der Waals surface area (Å²) in [4.78, 5) is 27.5. The highest BCUT2D eigenvalue weighted by Crippen LogP contribution is 2.30. The SMILES string of the molecule is C[C@H]1CCCCN1CCCNC(=O)C1CCN(c2nc3cccnc3s2)CC1. The molecule has 2 fully saturated rings. The van der Waals surface area contributed by atoms with E-state index >= 15 is 0 Å². The minimum atomic E-state index is 0.137. The van der Waals surface area contributed by atoms with E-state index in [2.05, 4.69) is 27.0 Å². The first-order chi connectivity index (χ1) is 13.7. The zero-order valence-electron chi connectivity index (χ0n) is 16.8. The summed E-state index contributed by atoms with van der Waals surface area (Å²) in [5, 5.41) is 4.21. The second kappa shape index (κ2) is 9.18. The van der Waals surface area contributed by atoms with Gasteiger partial charge in [0.15, 0.2) is 5.13 Å². The Morgan fingerprint density at radius 3 is 2.89 bits per heavy atom. The number of carbonyl (C=O) groups is 1. The Morgan fingerprint density at radius 1 is 1.25 bits per heavy atom. The second-order valence-electron chi connectivity index (χ2n) is 8.11. The van der Waals surface area contributed by atoms with Crippen molar-refractivity contribution in [3.05, 3.63) is 18.3 Å². The summed E-state index contributed by atoms with van der Waals surface area (Å²) < 4.78 is 0. The highest BCUT2D eigenvalue weighted by molar-refractivity contribution is 7.21. The summed E-state index contributed by atoms with van der Waals surface area (Å²) in [6.45, 7) is 7.23. The molecule has 2 aromatic rings. The Kier molecular flexibility index (Phi) is 6.42. The highest BCUT2D eigenvalue weighted by atomic mass is 32.1. The van der Waals surface area contributed by atoms with E-state index in [4.69, 9.17) is 4.98 Å². The second-order valence-corrected chi connectivity index (χ2v) is 9.07. The van der Waals surface area contributed by atoms with Gasteiger partial charge in [-0.05, 0) is 57.7 Å². The van der Waals surface area contributed by atoms with Crippen molar-refractivity contribution in [1.82, 2.24) is 20.2 Å². The number of hydrogen-bond acceptors (Lipinski definition) is 6. The van der Waals surface area contributed by atoms with Crippen molar-refractivity contribution in [3.63, 3.8) is 0 Å². The number of hydrogen-bond donors (Lipinski definition) is 1. The van der Waals surface area contributed by atoms with Crippen molar-refractivity contribution in [1.29, 1.82) is 0 Å². The molecule has 0 bridgehead atoms. The maximum Gasteiger partial charge on any atom is 0.223 e. The van der Waals surface area contributed by atoms with Crippen LogP contribution in [0.3, 0.4) is 0 Å². The maximum atomic E-state index is 12.5. The first-order valence-corrected chi connectivity index (χ1v) is 11.5. The number of pyridine rings is 1. The standard InChI is InChI=1S/C21H31N5OS/c1-16-6-2-3-12-25(16)13-5-11-22-19(27)17-8-14-26(15-9-17)21-24-18-7-4-10-23-20(18)28-21/h4,7,10,16-17H,2-3,5-6,8-9,11-15H2,1H3,(H,22,27)/t16-/m0/s1. The number of nitrogens with zero attached hydrogens (tertiary/aromatic N) is 4. The Hall–Kier alpha value is -1.73. The molecule has 0 aromatic carbocycles. The van der Waals surface area contributed by atoms with Gasteiger partial charge in [0, 0.05) is 44.3 Å². The van der Waals surface area contributed by atoms with Crippen LogP contribution >= 0.6 is 11.3 Å². The van der Waals surface area contributed by atoms with Crippen LogP contribution in [0.25, 0.3) is 10.3 Å². The van der Waals surface area contributed by atoms with Gasteiger partial charge in [-0.1, -0.05) is 17.8 Å². The van der Waals surface area contributed by atoms with Gasteiger partial charge in [0.2, 0.25) is 5.91 Å². The summed E-state index contributed by atoms with van der Waals surface area (Å²) in [6, 6.07) is 4.63. The van der Waals surface area contributed by atoms with E-state index in [-0.39, 0.29) is 11.8 Å². The molecule has 2 aliphatic heterocycles. The number of rotatable bonds is 6. The van der Waals surface area contributed by atoms with Crippen LogP contribution < -0.4 is 10.2 Å². The third-order valence-electron chi connectivity index (χ3n) is 6.15.